The van der Waals surface area contributed by atoms with Crippen molar-refractivity contribution in [3.8, 4) is 0 Å². The van der Waals surface area contributed by atoms with Crippen LogP contribution in [0.1, 0.15) is 55.3 Å². The molecule has 0 aromatic carbocycles. The first-order valence-electron chi connectivity index (χ1n) is 11.1. The van der Waals surface area contributed by atoms with E-state index in [0.717, 1.165) is 36.5 Å². The van der Waals surface area contributed by atoms with Crippen molar-refractivity contribution < 1.29 is 23.4 Å². The number of hydrogen-bond donors (Lipinski definition) is 2. The number of aliphatic imine (C=N–C) groups is 1. The van der Waals surface area contributed by atoms with E-state index in [0.29, 0.717) is 25.2 Å². The van der Waals surface area contributed by atoms with Crippen LogP contribution in [0.4, 0.5) is 14.6 Å². The van der Waals surface area contributed by atoms with E-state index in [1.807, 2.05) is 6.92 Å². The molecule has 0 saturated carbocycles. The maximum absolute atomic E-state index is 14.7. The van der Waals surface area contributed by atoms with Gasteiger partial charge in [0.05, 0.1) is 13.5 Å². The molecule has 2 N–H and O–H groups in total. The predicted octanol–water partition coefficient (Wildman–Crippen LogP) is 4.16. The number of aromatic nitrogens is 1. The van der Waals surface area contributed by atoms with Crippen molar-refractivity contribution in [1.29, 1.82) is 0 Å². The number of methoxy groups -OCH3 is 1. The normalized spacial score (nSPS) is 16.8. The van der Waals surface area contributed by atoms with E-state index >= 15 is 0 Å². The molecule has 1 aromatic rings. The molecule has 2 aliphatic heterocycles. The topological polar surface area (TPSA) is 87.0 Å². The Morgan fingerprint density at radius 1 is 1.41 bits per heavy atom. The van der Waals surface area contributed by atoms with Gasteiger partial charge in [0.1, 0.15) is 12.5 Å². The second-order valence-corrected chi connectivity index (χ2v) is 8.48. The van der Waals surface area contributed by atoms with Crippen molar-refractivity contribution in [3.05, 3.63) is 35.2 Å². The molecule has 0 unspecified atom stereocenters. The number of carboxylic acid groups (broad SMARTS) is 1. The number of unbranched alkanes of at least 4 members (excludes halogenated alkanes) is 1. The van der Waals surface area contributed by atoms with Gasteiger partial charge >= 0.3 is 5.97 Å². The molecule has 0 amide bonds. The minimum Gasteiger partial charge on any atom is -0.481 e. The smallest absolute Gasteiger partial charge is 0.305 e. The monoisotopic (exact) mass is 450 g/mol. The van der Waals surface area contributed by atoms with Crippen LogP contribution in [0.15, 0.2) is 23.3 Å². The van der Waals surface area contributed by atoms with E-state index in [4.69, 9.17) is 9.72 Å². The SMILES string of the molecule is COC1=NCN([C@@H](CC(=O)O)CC(F)(F)CCCCc2nc3c(cc2C)CCCN3)C=C1. The van der Waals surface area contributed by atoms with E-state index in [9.17, 15) is 18.7 Å². The highest BCUT2D eigenvalue weighted by atomic mass is 19.3. The minimum atomic E-state index is -2.96. The summed E-state index contributed by atoms with van der Waals surface area (Å²) in [4.78, 5) is 21.6. The molecule has 0 saturated heterocycles. The van der Waals surface area contributed by atoms with Crippen LogP contribution < -0.4 is 5.32 Å². The lowest BCUT2D eigenvalue weighted by Gasteiger charge is -2.32. The molecule has 3 heterocycles. The molecular formula is C23H32F2N4O3. The van der Waals surface area contributed by atoms with Crippen molar-refractivity contribution in [2.75, 3.05) is 25.6 Å². The Labute approximate surface area is 187 Å². The average molecular weight is 451 g/mol. The summed E-state index contributed by atoms with van der Waals surface area (Å²) in [5.74, 6) is -2.75. The van der Waals surface area contributed by atoms with Crippen LogP contribution in [0, 0.1) is 6.92 Å². The molecule has 2 aliphatic rings. The Hall–Kier alpha value is -2.71. The number of anilines is 1. The highest BCUT2D eigenvalue weighted by molar-refractivity contribution is 5.87. The van der Waals surface area contributed by atoms with Crippen LogP contribution in [-0.4, -0.2) is 59.1 Å². The van der Waals surface area contributed by atoms with Crippen LogP contribution in [0.2, 0.25) is 0 Å². The zero-order chi connectivity index (χ0) is 23.1. The Bertz CT molecular complexity index is 873. The average Bonchev–Trinajstić information content (AvgIpc) is 2.76. The first-order valence-corrected chi connectivity index (χ1v) is 11.1. The molecule has 0 fully saturated rings. The molecule has 7 nitrogen and oxygen atoms in total. The lowest BCUT2D eigenvalue weighted by atomic mass is 9.97. The van der Waals surface area contributed by atoms with E-state index in [2.05, 4.69) is 16.4 Å². The number of aliphatic carboxylic acids is 1. The Morgan fingerprint density at radius 3 is 2.91 bits per heavy atom. The highest BCUT2D eigenvalue weighted by Gasteiger charge is 2.35. The molecule has 3 rings (SSSR count). The van der Waals surface area contributed by atoms with Gasteiger partial charge in [0.2, 0.25) is 11.8 Å². The standard InChI is InChI=1S/C23H32F2N4O3/c1-16-12-17-6-5-10-26-22(17)28-19(16)7-3-4-9-23(24,25)14-18(13-21(30)31)29-11-8-20(32-2)27-15-29/h8,11-12,18H,3-7,9-10,13-15H2,1-2H3,(H,26,28)(H,30,31)/t18-/m0/s1. The number of alkyl halides is 2. The van der Waals surface area contributed by atoms with Gasteiger partial charge in [0.25, 0.3) is 0 Å². The number of hydrogen-bond acceptors (Lipinski definition) is 6. The zero-order valence-corrected chi connectivity index (χ0v) is 18.7. The molecule has 9 heteroatoms. The van der Waals surface area contributed by atoms with E-state index in [1.54, 1.807) is 12.3 Å². The molecule has 0 radical (unpaired) electrons. The summed E-state index contributed by atoms with van der Waals surface area (Å²) in [6.45, 7) is 3.04. The van der Waals surface area contributed by atoms with Crippen LogP contribution in [0.5, 0.6) is 0 Å². The Balaban J connectivity index is 1.52. The number of nitrogens with one attached hydrogen (secondary N) is 1. The Morgan fingerprint density at radius 2 is 2.22 bits per heavy atom. The maximum Gasteiger partial charge on any atom is 0.305 e. The van der Waals surface area contributed by atoms with Crippen LogP contribution >= 0.6 is 0 Å². The maximum atomic E-state index is 14.7. The number of halogens is 2. The van der Waals surface area contributed by atoms with Crippen molar-refractivity contribution in [2.24, 2.45) is 4.99 Å². The predicted molar refractivity (Wildman–Crippen MR) is 119 cm³/mol. The third-order valence-corrected chi connectivity index (χ3v) is 5.94. The molecule has 1 aromatic heterocycles. The molecule has 0 aliphatic carbocycles. The molecule has 1 atom stereocenters. The second kappa shape index (κ2) is 10.7. The number of aryl methyl sites for hydroxylation is 3. The van der Waals surface area contributed by atoms with Crippen LogP contribution in [-0.2, 0) is 22.4 Å². The summed E-state index contributed by atoms with van der Waals surface area (Å²) < 4.78 is 34.4. The number of carbonyl (C=O) groups is 1. The second-order valence-electron chi connectivity index (χ2n) is 8.48. The zero-order valence-electron chi connectivity index (χ0n) is 18.7. The van der Waals surface area contributed by atoms with Gasteiger partial charge in [-0.1, -0.05) is 6.07 Å². The lowest BCUT2D eigenvalue weighted by molar-refractivity contribution is -0.139. The van der Waals surface area contributed by atoms with Crippen molar-refractivity contribution >= 4 is 17.7 Å². The summed E-state index contributed by atoms with van der Waals surface area (Å²) >= 11 is 0. The van der Waals surface area contributed by atoms with Gasteiger partial charge in [-0.15, -0.1) is 0 Å². The van der Waals surface area contributed by atoms with Crippen molar-refractivity contribution in [1.82, 2.24) is 9.88 Å². The fourth-order valence-electron chi connectivity index (χ4n) is 4.20. The van der Waals surface area contributed by atoms with Gasteiger partial charge in [0.15, 0.2) is 0 Å². The van der Waals surface area contributed by atoms with E-state index in [1.165, 1.54) is 17.6 Å². The van der Waals surface area contributed by atoms with Gasteiger partial charge in [-0.2, -0.15) is 0 Å². The van der Waals surface area contributed by atoms with Gasteiger partial charge < -0.3 is 20.1 Å². The van der Waals surface area contributed by atoms with E-state index < -0.39 is 24.4 Å². The van der Waals surface area contributed by atoms with Gasteiger partial charge in [-0.05, 0) is 50.2 Å². The van der Waals surface area contributed by atoms with Crippen molar-refractivity contribution in [3.63, 3.8) is 0 Å². The first-order chi connectivity index (χ1) is 15.3. The van der Waals surface area contributed by atoms with Crippen molar-refractivity contribution in [2.45, 2.75) is 70.3 Å². The third-order valence-electron chi connectivity index (χ3n) is 5.94. The van der Waals surface area contributed by atoms with Crippen LogP contribution in [0.3, 0.4) is 0 Å². The molecule has 32 heavy (non-hydrogen) atoms. The van der Waals surface area contributed by atoms with Crippen LogP contribution in [0.25, 0.3) is 0 Å². The molecular weight excluding hydrogens is 418 g/mol. The number of carboxylic acids is 1. The fourth-order valence-corrected chi connectivity index (χ4v) is 4.20. The first kappa shape index (κ1) is 23.9. The number of nitrogens with zero attached hydrogens (tertiary/aromatic N) is 3. The number of fused-ring (bicyclic) bond motifs is 1. The third kappa shape index (κ3) is 6.64. The molecule has 0 spiro atoms. The lowest BCUT2D eigenvalue weighted by Crippen LogP contribution is -2.39. The summed E-state index contributed by atoms with van der Waals surface area (Å²) in [6.07, 6.45) is 5.67. The summed E-state index contributed by atoms with van der Waals surface area (Å²) in [5, 5.41) is 12.5. The minimum absolute atomic E-state index is 0.102. The molecule has 0 bridgehead atoms. The largest absolute Gasteiger partial charge is 0.481 e. The van der Waals surface area contributed by atoms with E-state index in [-0.39, 0.29) is 19.5 Å². The quantitative estimate of drug-likeness (QED) is 0.521. The number of pyridine rings is 1. The van der Waals surface area contributed by atoms with Gasteiger partial charge in [0, 0.05) is 43.4 Å². The number of ether oxygens (including phenoxy) is 1. The summed E-state index contributed by atoms with van der Waals surface area (Å²) in [7, 11) is 1.47. The highest BCUT2D eigenvalue weighted by Crippen LogP contribution is 2.31. The summed E-state index contributed by atoms with van der Waals surface area (Å²) in [6, 6.07) is 1.31. The number of rotatable bonds is 10. The summed E-state index contributed by atoms with van der Waals surface area (Å²) in [5.41, 5.74) is 3.28. The van der Waals surface area contributed by atoms with Gasteiger partial charge in [-0.3, -0.25) is 4.79 Å². The van der Waals surface area contributed by atoms with Gasteiger partial charge in [-0.25, -0.2) is 18.8 Å². The molecule has 176 valence electrons. The fraction of sp³-hybridized carbons (Fsp3) is 0.609. The Kier molecular flexibility index (Phi) is 8.04.